The van der Waals surface area contributed by atoms with Gasteiger partial charge < -0.3 is 20.1 Å². The molecule has 0 fully saturated rings. The molecule has 11 heteroatoms. The highest BCUT2D eigenvalue weighted by atomic mass is 16.6. The molecule has 0 spiro atoms. The second-order valence-corrected chi connectivity index (χ2v) is 10.1. The van der Waals surface area contributed by atoms with Gasteiger partial charge in [-0.05, 0) is 54.4 Å². The zero-order valence-electron chi connectivity index (χ0n) is 23.9. The lowest BCUT2D eigenvalue weighted by Crippen LogP contribution is -2.31. The number of hydrogen-bond donors (Lipinski definition) is 2. The fourth-order valence-corrected chi connectivity index (χ4v) is 5.03. The molecule has 4 aromatic carbocycles. The molecule has 0 radical (unpaired) electrons. The van der Waals surface area contributed by atoms with Gasteiger partial charge in [0, 0.05) is 23.4 Å². The Balaban J connectivity index is 1.36. The summed E-state index contributed by atoms with van der Waals surface area (Å²) < 4.78 is 13.1. The van der Waals surface area contributed by atoms with Crippen molar-refractivity contribution in [1.82, 2.24) is 14.8 Å². The van der Waals surface area contributed by atoms with Crippen LogP contribution in [0.4, 0.5) is 17.3 Å². The Hall–Kier alpha value is -5.97. The number of aromatic nitrogens is 3. The number of carbonyl (C=O) groups is 1. The molecule has 1 atom stereocenters. The number of anilines is 2. The molecule has 2 N–H and O–H groups in total. The lowest BCUT2D eigenvalue weighted by atomic mass is 9.95. The highest BCUT2D eigenvalue weighted by Crippen LogP contribution is 2.38. The molecule has 0 saturated heterocycles. The minimum absolute atomic E-state index is 0.0314. The molecule has 220 valence electrons. The van der Waals surface area contributed by atoms with Gasteiger partial charge in [-0.3, -0.25) is 14.9 Å². The van der Waals surface area contributed by atoms with Crippen LogP contribution in [0.2, 0.25) is 0 Å². The Bertz CT molecular complexity index is 1850. The zero-order valence-corrected chi connectivity index (χ0v) is 23.9. The van der Waals surface area contributed by atoms with Crippen molar-refractivity contribution in [2.24, 2.45) is 0 Å². The van der Waals surface area contributed by atoms with E-state index in [0.29, 0.717) is 52.4 Å². The Morgan fingerprint density at radius 1 is 0.977 bits per heavy atom. The van der Waals surface area contributed by atoms with Crippen molar-refractivity contribution in [3.05, 3.63) is 136 Å². The number of rotatable bonds is 9. The van der Waals surface area contributed by atoms with Crippen molar-refractivity contribution >= 4 is 23.2 Å². The number of methoxy groups -OCH3 is 1. The van der Waals surface area contributed by atoms with Gasteiger partial charge in [-0.1, -0.05) is 54.6 Å². The Morgan fingerprint density at radius 2 is 1.68 bits per heavy atom. The van der Waals surface area contributed by atoms with Crippen molar-refractivity contribution in [2.45, 2.75) is 19.6 Å². The summed E-state index contributed by atoms with van der Waals surface area (Å²) in [5, 5.41) is 22.1. The SMILES string of the molecule is COc1ccccc1NC(=O)C1=C(C)Nc2nc(-c3ccc([N+](=O)[O-])cc3)nn2C1c1ccc(OCc2ccccc2)cc1. The van der Waals surface area contributed by atoms with Gasteiger partial charge in [0.1, 0.15) is 24.1 Å². The number of allylic oxidation sites excluding steroid dienone is 1. The largest absolute Gasteiger partial charge is 0.495 e. The van der Waals surface area contributed by atoms with E-state index in [1.54, 1.807) is 36.1 Å². The van der Waals surface area contributed by atoms with Crippen LogP contribution < -0.4 is 20.1 Å². The number of amides is 1. The van der Waals surface area contributed by atoms with Gasteiger partial charge in [-0.25, -0.2) is 4.68 Å². The summed E-state index contributed by atoms with van der Waals surface area (Å²) in [5.41, 5.74) is 3.96. The summed E-state index contributed by atoms with van der Waals surface area (Å²) in [7, 11) is 1.54. The van der Waals surface area contributed by atoms with Gasteiger partial charge in [0.05, 0.1) is 23.3 Å². The van der Waals surface area contributed by atoms with Crippen LogP contribution in [0.5, 0.6) is 11.5 Å². The molecule has 1 aliphatic rings. The first-order valence-electron chi connectivity index (χ1n) is 13.8. The third-order valence-corrected chi connectivity index (χ3v) is 7.23. The predicted octanol–water partition coefficient (Wildman–Crippen LogP) is 6.37. The summed E-state index contributed by atoms with van der Waals surface area (Å²) >= 11 is 0. The normalized spacial score (nSPS) is 13.9. The van der Waals surface area contributed by atoms with Crippen LogP contribution in [0.25, 0.3) is 11.4 Å². The maximum Gasteiger partial charge on any atom is 0.269 e. The summed E-state index contributed by atoms with van der Waals surface area (Å²) in [6.07, 6.45) is 0. The van der Waals surface area contributed by atoms with Crippen molar-refractivity contribution in [1.29, 1.82) is 0 Å². The average molecular weight is 589 g/mol. The van der Waals surface area contributed by atoms with Crippen LogP contribution >= 0.6 is 0 Å². The van der Waals surface area contributed by atoms with Gasteiger partial charge in [0.15, 0.2) is 5.82 Å². The van der Waals surface area contributed by atoms with E-state index in [9.17, 15) is 14.9 Å². The quantitative estimate of drug-likeness (QED) is 0.150. The number of ether oxygens (including phenoxy) is 2. The molecule has 2 heterocycles. The molecule has 6 rings (SSSR count). The van der Waals surface area contributed by atoms with Crippen LogP contribution in [0.15, 0.2) is 114 Å². The number of nitrogens with zero attached hydrogens (tertiary/aromatic N) is 4. The van der Waals surface area contributed by atoms with Crippen LogP contribution in [-0.2, 0) is 11.4 Å². The molecular weight excluding hydrogens is 560 g/mol. The number of hydrogen-bond acceptors (Lipinski definition) is 8. The lowest BCUT2D eigenvalue weighted by molar-refractivity contribution is -0.384. The minimum Gasteiger partial charge on any atom is -0.495 e. The van der Waals surface area contributed by atoms with Crippen LogP contribution in [0.1, 0.15) is 24.1 Å². The second kappa shape index (κ2) is 12.1. The summed E-state index contributed by atoms with van der Waals surface area (Å²) in [4.78, 5) is 29.3. The molecule has 0 saturated carbocycles. The minimum atomic E-state index is -0.650. The Kier molecular flexibility index (Phi) is 7.75. The van der Waals surface area contributed by atoms with Gasteiger partial charge in [-0.15, -0.1) is 5.10 Å². The van der Waals surface area contributed by atoms with Gasteiger partial charge in [-0.2, -0.15) is 4.98 Å². The predicted molar refractivity (Wildman–Crippen MR) is 165 cm³/mol. The number of nitro benzene ring substituents is 1. The topological polar surface area (TPSA) is 133 Å². The Labute approximate surface area is 252 Å². The highest BCUT2D eigenvalue weighted by Gasteiger charge is 2.35. The summed E-state index contributed by atoms with van der Waals surface area (Å²) in [5.74, 6) is 1.65. The van der Waals surface area contributed by atoms with E-state index in [0.717, 1.165) is 11.1 Å². The van der Waals surface area contributed by atoms with E-state index in [-0.39, 0.29) is 11.6 Å². The molecule has 1 aliphatic heterocycles. The molecule has 1 amide bonds. The smallest absolute Gasteiger partial charge is 0.269 e. The molecule has 11 nitrogen and oxygen atoms in total. The molecule has 0 bridgehead atoms. The molecule has 1 unspecified atom stereocenters. The van der Waals surface area contributed by atoms with Crippen LogP contribution in [-0.4, -0.2) is 32.7 Å². The first-order chi connectivity index (χ1) is 21.4. The van der Waals surface area contributed by atoms with Gasteiger partial charge in [0.25, 0.3) is 11.6 Å². The first-order valence-corrected chi connectivity index (χ1v) is 13.8. The first kappa shape index (κ1) is 28.2. The fourth-order valence-electron chi connectivity index (χ4n) is 5.03. The fraction of sp³-hybridized carbons (Fsp3) is 0.121. The molecule has 1 aromatic heterocycles. The number of fused-ring (bicyclic) bond motifs is 1. The van der Waals surface area contributed by atoms with E-state index in [1.165, 1.54) is 12.1 Å². The van der Waals surface area contributed by atoms with Gasteiger partial charge in [0.2, 0.25) is 5.95 Å². The van der Waals surface area contributed by atoms with E-state index in [2.05, 4.69) is 15.6 Å². The Morgan fingerprint density at radius 3 is 2.39 bits per heavy atom. The van der Waals surface area contributed by atoms with Crippen LogP contribution in [0, 0.1) is 10.1 Å². The standard InChI is InChI=1S/C33H28N6O5/c1-21-29(32(40)35-27-10-6-7-11-28(27)43-2)30(23-14-18-26(19-15-23)44-20-22-8-4-3-5-9-22)38-33(34-21)36-31(37-38)24-12-16-25(17-13-24)39(41)42/h3-19,30H,20H2,1-2H3,(H,35,40)(H,34,36,37). The van der Waals surface area contributed by atoms with E-state index < -0.39 is 11.0 Å². The maximum atomic E-state index is 13.9. The van der Waals surface area contributed by atoms with Crippen molar-refractivity contribution in [3.8, 4) is 22.9 Å². The number of nitro groups is 1. The van der Waals surface area contributed by atoms with E-state index in [4.69, 9.17) is 14.6 Å². The maximum absolute atomic E-state index is 13.9. The van der Waals surface area contributed by atoms with E-state index >= 15 is 0 Å². The average Bonchev–Trinajstić information content (AvgIpc) is 3.48. The van der Waals surface area contributed by atoms with Crippen LogP contribution in [0.3, 0.4) is 0 Å². The van der Waals surface area contributed by atoms with Crippen molar-refractivity contribution < 1.29 is 19.2 Å². The highest BCUT2D eigenvalue weighted by molar-refractivity contribution is 6.06. The number of para-hydroxylation sites is 2. The monoisotopic (exact) mass is 588 g/mol. The third kappa shape index (κ3) is 5.71. The summed E-state index contributed by atoms with van der Waals surface area (Å²) in [6.45, 7) is 2.23. The number of benzene rings is 4. The van der Waals surface area contributed by atoms with E-state index in [1.807, 2.05) is 73.7 Å². The van der Waals surface area contributed by atoms with Crippen molar-refractivity contribution in [3.63, 3.8) is 0 Å². The van der Waals surface area contributed by atoms with Crippen molar-refractivity contribution in [2.75, 3.05) is 17.7 Å². The molecular formula is C33H28N6O5. The van der Waals surface area contributed by atoms with Gasteiger partial charge >= 0.3 is 0 Å². The summed E-state index contributed by atoms with van der Waals surface area (Å²) in [6, 6.07) is 29.9. The molecule has 44 heavy (non-hydrogen) atoms. The number of nitrogens with one attached hydrogen (secondary N) is 2. The number of non-ortho nitro benzene ring substituents is 1. The zero-order chi connectivity index (χ0) is 30.6. The lowest BCUT2D eigenvalue weighted by Gasteiger charge is -2.29. The molecule has 5 aromatic rings. The number of carbonyl (C=O) groups excluding carboxylic acids is 1. The third-order valence-electron chi connectivity index (χ3n) is 7.23. The molecule has 0 aliphatic carbocycles. The second-order valence-electron chi connectivity index (χ2n) is 10.1.